The first kappa shape index (κ1) is 22.7. The van der Waals surface area contributed by atoms with Crippen LogP contribution in [0.1, 0.15) is 34.5 Å². The minimum Gasteiger partial charge on any atom is -0.466 e. The van der Waals surface area contributed by atoms with Crippen molar-refractivity contribution in [2.24, 2.45) is 4.99 Å². The molecule has 0 N–H and O–H groups in total. The van der Waals surface area contributed by atoms with Gasteiger partial charge in [-0.2, -0.15) is 0 Å². The number of allylic oxidation sites excluding steroid dienone is 1. The minimum atomic E-state index is -0.757. The molecule has 2 aromatic carbocycles. The maximum Gasteiger partial charge on any atom is 0.338 e. The lowest BCUT2D eigenvalue weighted by Crippen LogP contribution is -2.39. The fourth-order valence-electron chi connectivity index (χ4n) is 3.64. The van der Waals surface area contributed by atoms with Gasteiger partial charge in [-0.25, -0.2) is 14.6 Å². The molecule has 9 heteroatoms. The van der Waals surface area contributed by atoms with E-state index in [2.05, 4.69) is 4.99 Å². The van der Waals surface area contributed by atoms with Crippen LogP contribution >= 0.6 is 22.9 Å². The van der Waals surface area contributed by atoms with Crippen molar-refractivity contribution in [1.82, 2.24) is 4.57 Å². The van der Waals surface area contributed by atoms with Crippen molar-refractivity contribution in [3.63, 3.8) is 0 Å². The van der Waals surface area contributed by atoms with Gasteiger partial charge in [-0.3, -0.25) is 9.36 Å². The number of methoxy groups -OCH3 is 2. The molecule has 0 saturated heterocycles. The van der Waals surface area contributed by atoms with Crippen LogP contribution in [0.5, 0.6) is 0 Å². The topological polar surface area (TPSA) is 87.0 Å². The van der Waals surface area contributed by atoms with Crippen molar-refractivity contribution in [2.75, 3.05) is 14.2 Å². The summed E-state index contributed by atoms with van der Waals surface area (Å²) in [7, 11) is 2.59. The first-order valence-electron chi connectivity index (χ1n) is 9.88. The highest BCUT2D eigenvalue weighted by molar-refractivity contribution is 7.07. The lowest BCUT2D eigenvalue weighted by atomic mass is 9.95. The second-order valence-electron chi connectivity index (χ2n) is 7.24. The minimum absolute atomic E-state index is 0.258. The van der Waals surface area contributed by atoms with E-state index in [0.29, 0.717) is 31.2 Å². The highest BCUT2D eigenvalue weighted by atomic mass is 35.5. The van der Waals surface area contributed by atoms with Gasteiger partial charge in [-0.05, 0) is 48.4 Å². The molecule has 1 aliphatic rings. The fourth-order valence-corrected chi connectivity index (χ4v) is 4.81. The number of fused-ring (bicyclic) bond motifs is 1. The zero-order valence-electron chi connectivity index (χ0n) is 18.0. The molecule has 1 atom stereocenters. The third kappa shape index (κ3) is 4.27. The number of hydrogen-bond acceptors (Lipinski definition) is 7. The molecule has 2 heterocycles. The third-order valence-corrected chi connectivity index (χ3v) is 6.48. The van der Waals surface area contributed by atoms with E-state index in [4.69, 9.17) is 21.1 Å². The van der Waals surface area contributed by atoms with Crippen molar-refractivity contribution in [2.45, 2.75) is 13.0 Å². The second-order valence-corrected chi connectivity index (χ2v) is 8.68. The molecule has 1 unspecified atom stereocenters. The monoisotopic (exact) mass is 482 g/mol. The number of thiazole rings is 1. The second kappa shape index (κ2) is 9.17. The smallest absolute Gasteiger partial charge is 0.338 e. The zero-order valence-corrected chi connectivity index (χ0v) is 19.6. The van der Waals surface area contributed by atoms with Gasteiger partial charge in [0.1, 0.15) is 0 Å². The summed E-state index contributed by atoms with van der Waals surface area (Å²) in [6.45, 7) is 1.71. The molecule has 3 aromatic rings. The normalized spacial score (nSPS) is 15.6. The number of aromatic nitrogens is 1. The molecule has 7 nitrogen and oxygen atoms in total. The van der Waals surface area contributed by atoms with Crippen molar-refractivity contribution in [1.29, 1.82) is 0 Å². The van der Waals surface area contributed by atoms with Gasteiger partial charge in [0.15, 0.2) is 4.80 Å². The zero-order chi connectivity index (χ0) is 23.7. The lowest BCUT2D eigenvalue weighted by Gasteiger charge is -2.24. The Balaban J connectivity index is 1.92. The van der Waals surface area contributed by atoms with Crippen molar-refractivity contribution in [3.05, 3.63) is 101 Å². The maximum absolute atomic E-state index is 13.5. The van der Waals surface area contributed by atoms with E-state index >= 15 is 0 Å². The maximum atomic E-state index is 13.5. The largest absolute Gasteiger partial charge is 0.466 e. The van der Waals surface area contributed by atoms with Crippen LogP contribution in [0, 0.1) is 0 Å². The van der Waals surface area contributed by atoms with Crippen LogP contribution in [0.3, 0.4) is 0 Å². The van der Waals surface area contributed by atoms with Crippen LogP contribution in [0.15, 0.2) is 69.6 Å². The Hall–Kier alpha value is -3.49. The molecular weight excluding hydrogens is 464 g/mol. The number of rotatable bonds is 4. The Kier molecular flexibility index (Phi) is 6.31. The fraction of sp³-hybridized carbons (Fsp3) is 0.167. The van der Waals surface area contributed by atoms with Gasteiger partial charge in [0.2, 0.25) is 0 Å². The number of benzene rings is 2. The number of carbonyl (C=O) groups excluding carboxylic acids is 2. The molecule has 0 spiro atoms. The van der Waals surface area contributed by atoms with E-state index in [9.17, 15) is 14.4 Å². The average Bonchev–Trinajstić information content (AvgIpc) is 3.13. The molecule has 0 radical (unpaired) electrons. The van der Waals surface area contributed by atoms with Crippen molar-refractivity contribution in [3.8, 4) is 0 Å². The van der Waals surface area contributed by atoms with E-state index in [1.165, 1.54) is 30.1 Å². The van der Waals surface area contributed by atoms with Gasteiger partial charge in [0, 0.05) is 5.02 Å². The quantitative estimate of drug-likeness (QED) is 0.534. The predicted octanol–water partition coefficient (Wildman–Crippen LogP) is 2.85. The Morgan fingerprint density at radius 1 is 1.03 bits per heavy atom. The lowest BCUT2D eigenvalue weighted by molar-refractivity contribution is -0.136. The molecule has 0 saturated carbocycles. The van der Waals surface area contributed by atoms with E-state index < -0.39 is 18.0 Å². The van der Waals surface area contributed by atoms with Gasteiger partial charge < -0.3 is 9.47 Å². The van der Waals surface area contributed by atoms with Gasteiger partial charge in [0.05, 0.1) is 41.6 Å². The first-order valence-corrected chi connectivity index (χ1v) is 11.1. The summed E-state index contributed by atoms with van der Waals surface area (Å²) in [5.41, 5.74) is 2.24. The van der Waals surface area contributed by atoms with Gasteiger partial charge in [-0.1, -0.05) is 47.2 Å². The van der Waals surface area contributed by atoms with E-state index in [1.807, 2.05) is 12.1 Å². The van der Waals surface area contributed by atoms with E-state index in [-0.39, 0.29) is 11.1 Å². The van der Waals surface area contributed by atoms with E-state index in [1.54, 1.807) is 49.4 Å². The molecule has 168 valence electrons. The standard InChI is InChI=1S/C24H19ClN2O5S/c1-13-19(23(30)32-3)20(15-6-8-16(9-7-15)22(29)31-2)27-21(28)18(33-24(27)26-13)12-14-4-10-17(25)11-5-14/h4-12,20H,1-3H3. The summed E-state index contributed by atoms with van der Waals surface area (Å²) in [5.74, 6) is -1.06. The number of ether oxygens (including phenoxy) is 2. The number of nitrogens with zero attached hydrogens (tertiary/aromatic N) is 2. The summed E-state index contributed by atoms with van der Waals surface area (Å²) < 4.78 is 11.7. The van der Waals surface area contributed by atoms with Crippen LogP contribution in [0.2, 0.25) is 5.02 Å². The molecule has 0 amide bonds. The average molecular weight is 483 g/mol. The number of esters is 2. The number of hydrogen-bond donors (Lipinski definition) is 0. The summed E-state index contributed by atoms with van der Waals surface area (Å²) in [5, 5.41) is 0.599. The van der Waals surface area contributed by atoms with Crippen LogP contribution in [-0.4, -0.2) is 30.7 Å². The van der Waals surface area contributed by atoms with Crippen LogP contribution < -0.4 is 14.9 Å². The highest BCUT2D eigenvalue weighted by Gasteiger charge is 2.33. The summed E-state index contributed by atoms with van der Waals surface area (Å²) in [4.78, 5) is 43.0. The first-order chi connectivity index (χ1) is 15.8. The van der Waals surface area contributed by atoms with E-state index in [0.717, 1.165) is 5.56 Å². The third-order valence-electron chi connectivity index (χ3n) is 5.24. The Bertz CT molecular complexity index is 1450. The summed E-state index contributed by atoms with van der Waals surface area (Å²) in [6.07, 6.45) is 1.76. The van der Waals surface area contributed by atoms with Gasteiger partial charge in [0.25, 0.3) is 5.56 Å². The molecule has 4 rings (SSSR count). The molecule has 0 aliphatic carbocycles. The Morgan fingerprint density at radius 2 is 1.67 bits per heavy atom. The molecular formula is C24H19ClN2O5S. The molecule has 0 fully saturated rings. The predicted molar refractivity (Wildman–Crippen MR) is 125 cm³/mol. The Labute approximate surface area is 197 Å². The SMILES string of the molecule is COC(=O)C1=C(C)N=c2sc(=Cc3ccc(Cl)cc3)c(=O)n2C1c1ccc(C(=O)OC)cc1. The molecule has 1 aromatic heterocycles. The number of carbonyl (C=O) groups is 2. The van der Waals surface area contributed by atoms with Gasteiger partial charge in [-0.15, -0.1) is 0 Å². The van der Waals surface area contributed by atoms with Crippen molar-refractivity contribution < 1.29 is 19.1 Å². The van der Waals surface area contributed by atoms with Crippen LogP contribution in [-0.2, 0) is 14.3 Å². The molecule has 33 heavy (non-hydrogen) atoms. The number of halogens is 1. The van der Waals surface area contributed by atoms with Gasteiger partial charge >= 0.3 is 11.9 Å². The highest BCUT2D eigenvalue weighted by Crippen LogP contribution is 2.30. The Morgan fingerprint density at radius 3 is 2.27 bits per heavy atom. The molecule has 1 aliphatic heterocycles. The summed E-state index contributed by atoms with van der Waals surface area (Å²) in [6, 6.07) is 12.9. The van der Waals surface area contributed by atoms with Crippen LogP contribution in [0.4, 0.5) is 0 Å². The van der Waals surface area contributed by atoms with Crippen LogP contribution in [0.25, 0.3) is 6.08 Å². The molecule has 0 bridgehead atoms. The van der Waals surface area contributed by atoms with Crippen molar-refractivity contribution >= 4 is 41.0 Å². The summed E-state index contributed by atoms with van der Waals surface area (Å²) >= 11 is 7.19.